The quantitative estimate of drug-likeness (QED) is 0.733. The molecule has 0 saturated carbocycles. The third-order valence-corrected chi connectivity index (χ3v) is 4.09. The molecule has 3 unspecified atom stereocenters. The standard InChI is InChI=1S/C12H23FN2/c1-12(13,10-5-4-7-14-9-10)11-6-2-3-8-15-11/h10-11,14-15H,2-9H2,1H3. The third-order valence-electron chi connectivity index (χ3n) is 4.09. The number of piperidine rings is 2. The van der Waals surface area contributed by atoms with Crippen molar-refractivity contribution >= 4 is 0 Å². The smallest absolute Gasteiger partial charge is 0.127 e. The number of rotatable bonds is 2. The maximum atomic E-state index is 14.8. The highest BCUT2D eigenvalue weighted by Gasteiger charge is 2.42. The molecule has 2 heterocycles. The lowest BCUT2D eigenvalue weighted by Crippen LogP contribution is -2.55. The predicted molar refractivity (Wildman–Crippen MR) is 60.7 cm³/mol. The first kappa shape index (κ1) is 11.3. The fourth-order valence-corrected chi connectivity index (χ4v) is 2.95. The summed E-state index contributed by atoms with van der Waals surface area (Å²) in [6.07, 6.45) is 5.55. The normalized spacial score (nSPS) is 37.2. The van der Waals surface area contributed by atoms with Gasteiger partial charge < -0.3 is 10.6 Å². The van der Waals surface area contributed by atoms with Crippen LogP contribution in [0.15, 0.2) is 0 Å². The molecule has 0 aromatic carbocycles. The highest BCUT2D eigenvalue weighted by atomic mass is 19.1. The Hall–Kier alpha value is -0.150. The Balaban J connectivity index is 1.96. The van der Waals surface area contributed by atoms with Gasteiger partial charge in [0.05, 0.1) is 0 Å². The van der Waals surface area contributed by atoms with E-state index >= 15 is 0 Å². The summed E-state index contributed by atoms with van der Waals surface area (Å²) in [5, 5.41) is 6.67. The van der Waals surface area contributed by atoms with Gasteiger partial charge in [-0.05, 0) is 45.7 Å². The van der Waals surface area contributed by atoms with Crippen LogP contribution >= 0.6 is 0 Å². The van der Waals surface area contributed by atoms with E-state index in [2.05, 4.69) is 10.6 Å². The summed E-state index contributed by atoms with van der Waals surface area (Å²) in [5.41, 5.74) is -1.03. The van der Waals surface area contributed by atoms with Crippen LogP contribution in [0.3, 0.4) is 0 Å². The first-order valence-electron chi connectivity index (χ1n) is 6.34. The van der Waals surface area contributed by atoms with Crippen LogP contribution in [0.2, 0.25) is 0 Å². The van der Waals surface area contributed by atoms with Crippen molar-refractivity contribution in [2.75, 3.05) is 19.6 Å². The molecule has 2 saturated heterocycles. The topological polar surface area (TPSA) is 24.1 Å². The minimum atomic E-state index is -1.03. The van der Waals surface area contributed by atoms with E-state index in [1.165, 1.54) is 12.8 Å². The van der Waals surface area contributed by atoms with Gasteiger partial charge in [0.25, 0.3) is 0 Å². The second kappa shape index (κ2) is 4.79. The minimum Gasteiger partial charge on any atom is -0.316 e. The second-order valence-corrected chi connectivity index (χ2v) is 5.20. The average molecular weight is 214 g/mol. The molecule has 0 bridgehead atoms. The fraction of sp³-hybridized carbons (Fsp3) is 1.00. The van der Waals surface area contributed by atoms with Crippen LogP contribution in [0.25, 0.3) is 0 Å². The number of halogens is 1. The average Bonchev–Trinajstić information content (AvgIpc) is 2.31. The van der Waals surface area contributed by atoms with Gasteiger partial charge in [0.2, 0.25) is 0 Å². The van der Waals surface area contributed by atoms with Gasteiger partial charge in [0, 0.05) is 18.5 Å². The molecule has 0 spiro atoms. The highest BCUT2D eigenvalue weighted by Crippen LogP contribution is 2.34. The fourth-order valence-electron chi connectivity index (χ4n) is 2.95. The van der Waals surface area contributed by atoms with Crippen molar-refractivity contribution in [2.24, 2.45) is 5.92 Å². The Morgan fingerprint density at radius 2 is 2.00 bits per heavy atom. The van der Waals surface area contributed by atoms with Gasteiger partial charge in [-0.3, -0.25) is 0 Å². The van der Waals surface area contributed by atoms with Gasteiger partial charge in [0.15, 0.2) is 0 Å². The SMILES string of the molecule is CC(F)(C1CCCNC1)C1CCCCN1. The van der Waals surface area contributed by atoms with E-state index in [1.54, 1.807) is 6.92 Å². The molecule has 2 fully saturated rings. The molecule has 0 radical (unpaired) electrons. The molecule has 2 aliphatic heterocycles. The molecule has 0 amide bonds. The summed E-state index contributed by atoms with van der Waals surface area (Å²) in [6, 6.07) is 0.0798. The van der Waals surface area contributed by atoms with Gasteiger partial charge in [-0.2, -0.15) is 0 Å². The van der Waals surface area contributed by atoms with Crippen molar-refractivity contribution in [1.82, 2.24) is 10.6 Å². The second-order valence-electron chi connectivity index (χ2n) is 5.20. The molecule has 2 rings (SSSR count). The first-order chi connectivity index (χ1) is 7.21. The van der Waals surface area contributed by atoms with Gasteiger partial charge in [0.1, 0.15) is 5.67 Å². The van der Waals surface area contributed by atoms with Crippen molar-refractivity contribution < 1.29 is 4.39 Å². The first-order valence-corrected chi connectivity index (χ1v) is 6.34. The monoisotopic (exact) mass is 214 g/mol. The number of alkyl halides is 1. The zero-order valence-corrected chi connectivity index (χ0v) is 9.69. The number of hydrogen-bond acceptors (Lipinski definition) is 2. The van der Waals surface area contributed by atoms with E-state index in [0.717, 1.165) is 38.9 Å². The predicted octanol–water partition coefficient (Wildman–Crippen LogP) is 1.86. The van der Waals surface area contributed by atoms with Gasteiger partial charge in [-0.15, -0.1) is 0 Å². The molecule has 2 nitrogen and oxygen atoms in total. The molecule has 3 atom stereocenters. The van der Waals surface area contributed by atoms with Gasteiger partial charge in [-0.1, -0.05) is 6.42 Å². The molecule has 0 aromatic rings. The van der Waals surface area contributed by atoms with Crippen LogP contribution in [0.4, 0.5) is 4.39 Å². The summed E-state index contributed by atoms with van der Waals surface area (Å²) < 4.78 is 14.8. The van der Waals surface area contributed by atoms with E-state index in [9.17, 15) is 4.39 Å². The van der Waals surface area contributed by atoms with Crippen molar-refractivity contribution in [3.63, 3.8) is 0 Å². The molecular weight excluding hydrogens is 191 g/mol. The number of nitrogens with one attached hydrogen (secondary N) is 2. The van der Waals surface area contributed by atoms with E-state index in [4.69, 9.17) is 0 Å². The zero-order chi connectivity index (χ0) is 10.7. The Kier molecular flexibility index (Phi) is 3.62. The lowest BCUT2D eigenvalue weighted by molar-refractivity contribution is 0.0311. The van der Waals surface area contributed by atoms with Gasteiger partial charge >= 0.3 is 0 Å². The molecule has 0 aliphatic carbocycles. The highest BCUT2D eigenvalue weighted by molar-refractivity contribution is 4.97. The van der Waals surface area contributed by atoms with E-state index in [-0.39, 0.29) is 12.0 Å². The maximum Gasteiger partial charge on any atom is 0.127 e. The molecular formula is C12H23FN2. The Morgan fingerprint density at radius 3 is 2.60 bits per heavy atom. The molecule has 2 N–H and O–H groups in total. The molecule has 88 valence electrons. The zero-order valence-electron chi connectivity index (χ0n) is 9.69. The van der Waals surface area contributed by atoms with Crippen LogP contribution in [0, 0.1) is 5.92 Å². The van der Waals surface area contributed by atoms with Gasteiger partial charge in [-0.25, -0.2) is 4.39 Å². The van der Waals surface area contributed by atoms with Crippen molar-refractivity contribution in [2.45, 2.75) is 50.7 Å². The summed E-state index contributed by atoms with van der Waals surface area (Å²) in [5.74, 6) is 0.196. The van der Waals surface area contributed by atoms with E-state index in [1.807, 2.05) is 0 Å². The van der Waals surface area contributed by atoms with Crippen molar-refractivity contribution in [1.29, 1.82) is 0 Å². The third kappa shape index (κ3) is 2.51. The Morgan fingerprint density at radius 1 is 1.13 bits per heavy atom. The lowest BCUT2D eigenvalue weighted by atomic mass is 9.77. The Labute approximate surface area is 92.0 Å². The summed E-state index contributed by atoms with van der Waals surface area (Å²) in [7, 11) is 0. The van der Waals surface area contributed by atoms with E-state index in [0.29, 0.717) is 0 Å². The lowest BCUT2D eigenvalue weighted by Gasteiger charge is -2.41. The minimum absolute atomic E-state index is 0.0798. The maximum absolute atomic E-state index is 14.8. The summed E-state index contributed by atoms with van der Waals surface area (Å²) >= 11 is 0. The summed E-state index contributed by atoms with van der Waals surface area (Å²) in [4.78, 5) is 0. The molecule has 3 heteroatoms. The molecule has 15 heavy (non-hydrogen) atoms. The van der Waals surface area contributed by atoms with Crippen LogP contribution in [0.1, 0.15) is 39.0 Å². The van der Waals surface area contributed by atoms with Crippen LogP contribution in [0.5, 0.6) is 0 Å². The van der Waals surface area contributed by atoms with Crippen LogP contribution in [-0.2, 0) is 0 Å². The number of hydrogen-bond donors (Lipinski definition) is 2. The van der Waals surface area contributed by atoms with Crippen LogP contribution in [-0.4, -0.2) is 31.3 Å². The van der Waals surface area contributed by atoms with Crippen molar-refractivity contribution in [3.8, 4) is 0 Å². The van der Waals surface area contributed by atoms with Crippen molar-refractivity contribution in [3.05, 3.63) is 0 Å². The molecule has 0 aromatic heterocycles. The van der Waals surface area contributed by atoms with E-state index < -0.39 is 5.67 Å². The largest absolute Gasteiger partial charge is 0.316 e. The summed E-state index contributed by atoms with van der Waals surface area (Å²) in [6.45, 7) is 4.70. The Bertz CT molecular complexity index is 174. The van der Waals surface area contributed by atoms with Crippen LogP contribution < -0.4 is 10.6 Å². The molecule has 2 aliphatic rings.